The number of hydrazone groups is 1. The van der Waals surface area contributed by atoms with Crippen molar-refractivity contribution in [3.05, 3.63) is 58.1 Å². The second kappa shape index (κ2) is 7.78. The van der Waals surface area contributed by atoms with Crippen molar-refractivity contribution in [2.24, 2.45) is 5.10 Å². The molecule has 1 amide bonds. The zero-order valence-electron chi connectivity index (χ0n) is 12.8. The SMILES string of the molecule is CC(C)Oc1ccccc1/C=N/NC(=O)c1cc(Br)ccc1O. The number of ether oxygens (including phenoxy) is 1. The van der Waals surface area contributed by atoms with Gasteiger partial charge in [-0.2, -0.15) is 5.10 Å². The molecule has 0 aliphatic rings. The van der Waals surface area contributed by atoms with Crippen LogP contribution < -0.4 is 10.2 Å². The van der Waals surface area contributed by atoms with E-state index in [1.54, 1.807) is 6.07 Å². The van der Waals surface area contributed by atoms with Crippen LogP contribution in [0.25, 0.3) is 0 Å². The Hall–Kier alpha value is -2.34. The molecule has 0 aliphatic carbocycles. The van der Waals surface area contributed by atoms with Crippen LogP contribution >= 0.6 is 15.9 Å². The summed E-state index contributed by atoms with van der Waals surface area (Å²) >= 11 is 3.26. The Bertz CT molecular complexity index is 730. The number of halogens is 1. The molecule has 0 spiro atoms. The number of aromatic hydroxyl groups is 1. The van der Waals surface area contributed by atoms with Gasteiger partial charge in [0.2, 0.25) is 0 Å². The zero-order chi connectivity index (χ0) is 16.8. The molecule has 0 radical (unpaired) electrons. The molecular weight excluding hydrogens is 360 g/mol. The summed E-state index contributed by atoms with van der Waals surface area (Å²) in [4.78, 5) is 12.0. The van der Waals surface area contributed by atoms with Gasteiger partial charge in [-0.1, -0.05) is 28.1 Å². The van der Waals surface area contributed by atoms with Gasteiger partial charge >= 0.3 is 0 Å². The fourth-order valence-electron chi connectivity index (χ4n) is 1.86. The quantitative estimate of drug-likeness (QED) is 0.617. The van der Waals surface area contributed by atoms with E-state index in [-0.39, 0.29) is 17.4 Å². The standard InChI is InChI=1S/C17H17BrN2O3/c1-11(2)23-16-6-4-3-5-12(16)10-19-20-17(22)14-9-13(18)7-8-15(14)21/h3-11,21H,1-2H3,(H,20,22)/b19-10+. The maximum absolute atomic E-state index is 12.0. The molecule has 2 aromatic carbocycles. The second-order valence-corrected chi connectivity index (χ2v) is 5.98. The maximum Gasteiger partial charge on any atom is 0.275 e. The van der Waals surface area contributed by atoms with Gasteiger partial charge in [0.25, 0.3) is 5.91 Å². The average Bonchev–Trinajstić information content (AvgIpc) is 2.50. The number of benzene rings is 2. The lowest BCUT2D eigenvalue weighted by atomic mass is 10.2. The summed E-state index contributed by atoms with van der Waals surface area (Å²) in [6, 6.07) is 12.0. The van der Waals surface area contributed by atoms with Gasteiger partial charge < -0.3 is 9.84 Å². The molecule has 0 saturated heterocycles. The van der Waals surface area contributed by atoms with Crippen molar-refractivity contribution in [2.75, 3.05) is 0 Å². The summed E-state index contributed by atoms with van der Waals surface area (Å²) in [6.07, 6.45) is 1.54. The van der Waals surface area contributed by atoms with E-state index >= 15 is 0 Å². The van der Waals surface area contributed by atoms with E-state index in [1.165, 1.54) is 18.3 Å². The summed E-state index contributed by atoms with van der Waals surface area (Å²) in [5.74, 6) is 0.0811. The van der Waals surface area contributed by atoms with Crippen molar-refractivity contribution >= 4 is 28.1 Å². The van der Waals surface area contributed by atoms with Crippen LogP contribution in [0, 0.1) is 0 Å². The van der Waals surface area contributed by atoms with Crippen LogP contribution in [-0.2, 0) is 0 Å². The van der Waals surface area contributed by atoms with Crippen LogP contribution in [0.3, 0.4) is 0 Å². The van der Waals surface area contributed by atoms with E-state index < -0.39 is 5.91 Å². The maximum atomic E-state index is 12.0. The molecule has 0 saturated carbocycles. The molecule has 0 aliphatic heterocycles. The van der Waals surface area contributed by atoms with Gasteiger partial charge in [0.15, 0.2) is 0 Å². The number of phenols is 1. The Balaban J connectivity index is 2.10. The van der Waals surface area contributed by atoms with Crippen molar-refractivity contribution in [3.63, 3.8) is 0 Å². The fourth-order valence-corrected chi connectivity index (χ4v) is 2.22. The Morgan fingerprint density at radius 3 is 2.78 bits per heavy atom. The summed E-state index contributed by atoms with van der Waals surface area (Å²) in [6.45, 7) is 3.87. The number of nitrogens with one attached hydrogen (secondary N) is 1. The number of para-hydroxylation sites is 1. The largest absolute Gasteiger partial charge is 0.507 e. The first-order valence-electron chi connectivity index (χ1n) is 7.05. The second-order valence-electron chi connectivity index (χ2n) is 5.07. The molecule has 23 heavy (non-hydrogen) atoms. The van der Waals surface area contributed by atoms with Crippen LogP contribution in [0.15, 0.2) is 52.0 Å². The van der Waals surface area contributed by atoms with Gasteiger partial charge in [0, 0.05) is 10.0 Å². The molecule has 2 aromatic rings. The summed E-state index contributed by atoms with van der Waals surface area (Å²) in [5.41, 5.74) is 3.28. The monoisotopic (exact) mass is 376 g/mol. The Labute approximate surface area is 143 Å². The highest BCUT2D eigenvalue weighted by Gasteiger charge is 2.10. The van der Waals surface area contributed by atoms with Gasteiger partial charge in [-0.15, -0.1) is 0 Å². The van der Waals surface area contributed by atoms with Crippen LogP contribution in [0.2, 0.25) is 0 Å². The van der Waals surface area contributed by atoms with Gasteiger partial charge in [-0.05, 0) is 44.2 Å². The number of amides is 1. The van der Waals surface area contributed by atoms with Crippen molar-refractivity contribution in [2.45, 2.75) is 20.0 Å². The lowest BCUT2D eigenvalue weighted by molar-refractivity contribution is 0.0952. The summed E-state index contributed by atoms with van der Waals surface area (Å²) < 4.78 is 6.37. The molecule has 120 valence electrons. The Kier molecular flexibility index (Phi) is 5.76. The normalized spacial score (nSPS) is 11.0. The number of hydrogen-bond acceptors (Lipinski definition) is 4. The van der Waals surface area contributed by atoms with Gasteiger partial charge in [-0.3, -0.25) is 4.79 Å². The van der Waals surface area contributed by atoms with Crippen molar-refractivity contribution in [3.8, 4) is 11.5 Å². The third-order valence-electron chi connectivity index (χ3n) is 2.85. The molecular formula is C17H17BrN2O3. The average molecular weight is 377 g/mol. The minimum Gasteiger partial charge on any atom is -0.507 e. The predicted molar refractivity (Wildman–Crippen MR) is 93.1 cm³/mol. The van der Waals surface area contributed by atoms with Gasteiger partial charge in [-0.25, -0.2) is 5.43 Å². The lowest BCUT2D eigenvalue weighted by Crippen LogP contribution is -2.18. The molecule has 5 nitrogen and oxygen atoms in total. The molecule has 0 bridgehead atoms. The zero-order valence-corrected chi connectivity index (χ0v) is 14.4. The number of nitrogens with zero attached hydrogens (tertiary/aromatic N) is 1. The highest BCUT2D eigenvalue weighted by molar-refractivity contribution is 9.10. The summed E-state index contributed by atoms with van der Waals surface area (Å²) in [7, 11) is 0. The number of hydrogen-bond donors (Lipinski definition) is 2. The smallest absolute Gasteiger partial charge is 0.275 e. The van der Waals surface area contributed by atoms with E-state index in [0.717, 1.165) is 5.56 Å². The number of rotatable bonds is 5. The topological polar surface area (TPSA) is 70.9 Å². The minimum absolute atomic E-state index is 0.0396. The Morgan fingerprint density at radius 1 is 1.30 bits per heavy atom. The minimum atomic E-state index is -0.498. The number of carbonyl (C=O) groups is 1. The molecule has 0 atom stereocenters. The Morgan fingerprint density at radius 2 is 2.04 bits per heavy atom. The molecule has 2 N–H and O–H groups in total. The van der Waals surface area contributed by atoms with Gasteiger partial charge in [0.1, 0.15) is 11.5 Å². The summed E-state index contributed by atoms with van der Waals surface area (Å²) in [5, 5.41) is 13.6. The molecule has 0 heterocycles. The van der Waals surface area contributed by atoms with E-state index in [4.69, 9.17) is 4.74 Å². The molecule has 2 rings (SSSR count). The lowest BCUT2D eigenvalue weighted by Gasteiger charge is -2.11. The van der Waals surface area contributed by atoms with Crippen LogP contribution in [0.1, 0.15) is 29.8 Å². The van der Waals surface area contributed by atoms with E-state index in [9.17, 15) is 9.90 Å². The fraction of sp³-hybridized carbons (Fsp3) is 0.176. The van der Waals surface area contributed by atoms with E-state index in [2.05, 4.69) is 26.5 Å². The van der Waals surface area contributed by atoms with Crippen molar-refractivity contribution in [1.82, 2.24) is 5.43 Å². The molecule has 0 unspecified atom stereocenters. The van der Waals surface area contributed by atoms with Crippen LogP contribution in [0.5, 0.6) is 11.5 Å². The molecule has 0 fully saturated rings. The van der Waals surface area contributed by atoms with Crippen LogP contribution in [0.4, 0.5) is 0 Å². The highest BCUT2D eigenvalue weighted by atomic mass is 79.9. The van der Waals surface area contributed by atoms with Gasteiger partial charge in [0.05, 0.1) is 17.9 Å². The third kappa shape index (κ3) is 4.82. The number of carbonyl (C=O) groups excluding carboxylic acids is 1. The van der Waals surface area contributed by atoms with Crippen LogP contribution in [-0.4, -0.2) is 23.3 Å². The first-order chi connectivity index (χ1) is 11.0. The van der Waals surface area contributed by atoms with E-state index in [1.807, 2.05) is 38.1 Å². The van der Waals surface area contributed by atoms with Crippen molar-refractivity contribution < 1.29 is 14.6 Å². The molecule has 0 aromatic heterocycles. The first-order valence-corrected chi connectivity index (χ1v) is 7.84. The first kappa shape index (κ1) is 17.0. The van der Waals surface area contributed by atoms with Crippen molar-refractivity contribution in [1.29, 1.82) is 0 Å². The third-order valence-corrected chi connectivity index (χ3v) is 3.35. The number of phenolic OH excluding ortho intramolecular Hbond substituents is 1. The molecule has 6 heteroatoms. The predicted octanol–water partition coefficient (Wildman–Crippen LogP) is 3.71. The highest BCUT2D eigenvalue weighted by Crippen LogP contribution is 2.21. The van der Waals surface area contributed by atoms with E-state index in [0.29, 0.717) is 10.2 Å².